The molecule has 1 unspecified atom stereocenters. The van der Waals surface area contributed by atoms with Crippen LogP contribution in [0.25, 0.3) is 11.0 Å². The van der Waals surface area contributed by atoms with Crippen molar-refractivity contribution in [3.63, 3.8) is 0 Å². The predicted octanol–water partition coefficient (Wildman–Crippen LogP) is 0.480. The van der Waals surface area contributed by atoms with E-state index in [4.69, 9.17) is 9.84 Å². The first kappa shape index (κ1) is 12.3. The fraction of sp³-hybridized carbons (Fsp3) is 0.364. The third kappa shape index (κ3) is 2.25. The Balaban J connectivity index is 2.33. The first-order valence-corrected chi connectivity index (χ1v) is 5.37. The molecule has 0 radical (unpaired) electrons. The van der Waals surface area contributed by atoms with Crippen LogP contribution in [0.15, 0.2) is 18.6 Å². The van der Waals surface area contributed by atoms with E-state index >= 15 is 0 Å². The number of ether oxygens (including phenoxy) is 1. The molecule has 1 atom stereocenters. The SMILES string of the molecule is COCC(Nc1nccc2c1ncn2C)C(=O)O. The average Bonchev–Trinajstić information content (AvgIpc) is 2.72. The zero-order chi connectivity index (χ0) is 13.1. The molecule has 0 aliphatic carbocycles. The van der Waals surface area contributed by atoms with Gasteiger partial charge in [0.15, 0.2) is 5.82 Å². The molecule has 0 fully saturated rings. The molecular formula is C11H14N4O3. The van der Waals surface area contributed by atoms with E-state index in [2.05, 4.69) is 15.3 Å². The van der Waals surface area contributed by atoms with Crippen LogP contribution in [0.3, 0.4) is 0 Å². The van der Waals surface area contributed by atoms with E-state index in [0.717, 1.165) is 5.52 Å². The van der Waals surface area contributed by atoms with Gasteiger partial charge in [0.05, 0.1) is 18.5 Å². The maximum atomic E-state index is 11.0. The summed E-state index contributed by atoms with van der Waals surface area (Å²) in [5.41, 5.74) is 1.52. The van der Waals surface area contributed by atoms with Gasteiger partial charge in [-0.1, -0.05) is 0 Å². The monoisotopic (exact) mass is 250 g/mol. The summed E-state index contributed by atoms with van der Waals surface area (Å²) in [4.78, 5) is 19.4. The Morgan fingerprint density at radius 1 is 1.61 bits per heavy atom. The van der Waals surface area contributed by atoms with Crippen LogP contribution in [0, 0.1) is 0 Å². The van der Waals surface area contributed by atoms with Gasteiger partial charge in [-0.25, -0.2) is 14.8 Å². The lowest BCUT2D eigenvalue weighted by atomic mass is 10.3. The van der Waals surface area contributed by atoms with Crippen molar-refractivity contribution < 1.29 is 14.6 Å². The number of nitrogens with one attached hydrogen (secondary N) is 1. The van der Waals surface area contributed by atoms with E-state index in [9.17, 15) is 4.79 Å². The number of imidazole rings is 1. The molecule has 0 aliphatic heterocycles. The predicted molar refractivity (Wildman–Crippen MR) is 65.4 cm³/mol. The van der Waals surface area contributed by atoms with Gasteiger partial charge >= 0.3 is 5.97 Å². The summed E-state index contributed by atoms with van der Waals surface area (Å²) in [6.07, 6.45) is 3.27. The standard InChI is InChI=1S/C11H14N4O3/c1-15-6-13-9-8(15)3-4-12-10(9)14-7(5-18-2)11(16)17/h3-4,6-7H,5H2,1-2H3,(H,12,14)(H,16,17). The Bertz CT molecular complexity index is 566. The Morgan fingerprint density at radius 3 is 3.06 bits per heavy atom. The smallest absolute Gasteiger partial charge is 0.328 e. The van der Waals surface area contributed by atoms with E-state index in [1.54, 1.807) is 12.5 Å². The molecule has 2 aromatic heterocycles. The number of methoxy groups -OCH3 is 1. The number of aromatic nitrogens is 3. The summed E-state index contributed by atoms with van der Waals surface area (Å²) in [5, 5.41) is 11.9. The van der Waals surface area contributed by atoms with Crippen LogP contribution < -0.4 is 5.32 Å². The molecule has 0 spiro atoms. The van der Waals surface area contributed by atoms with E-state index in [1.165, 1.54) is 7.11 Å². The largest absolute Gasteiger partial charge is 0.480 e. The quantitative estimate of drug-likeness (QED) is 0.802. The molecule has 7 heteroatoms. The molecule has 96 valence electrons. The highest BCUT2D eigenvalue weighted by atomic mass is 16.5. The highest BCUT2D eigenvalue weighted by Crippen LogP contribution is 2.19. The molecule has 0 saturated carbocycles. The number of pyridine rings is 1. The van der Waals surface area contributed by atoms with Gasteiger partial charge in [0.2, 0.25) is 0 Å². The zero-order valence-corrected chi connectivity index (χ0v) is 10.1. The molecule has 2 heterocycles. The van der Waals surface area contributed by atoms with Crippen molar-refractivity contribution in [3.05, 3.63) is 18.6 Å². The van der Waals surface area contributed by atoms with Gasteiger partial charge in [-0.3, -0.25) is 0 Å². The summed E-state index contributed by atoms with van der Waals surface area (Å²) in [7, 11) is 3.31. The molecule has 0 bridgehead atoms. The number of anilines is 1. The fourth-order valence-corrected chi connectivity index (χ4v) is 1.67. The lowest BCUT2D eigenvalue weighted by molar-refractivity contribution is -0.139. The highest BCUT2D eigenvalue weighted by molar-refractivity contribution is 5.88. The summed E-state index contributed by atoms with van der Waals surface area (Å²) in [6.45, 7) is 0.0558. The van der Waals surface area contributed by atoms with Crippen LogP contribution in [-0.2, 0) is 16.6 Å². The number of hydrogen-bond donors (Lipinski definition) is 2. The van der Waals surface area contributed by atoms with Crippen LogP contribution >= 0.6 is 0 Å². The van der Waals surface area contributed by atoms with Crippen molar-refractivity contribution in [1.29, 1.82) is 0 Å². The van der Waals surface area contributed by atoms with Gasteiger partial charge in [-0.15, -0.1) is 0 Å². The molecule has 7 nitrogen and oxygen atoms in total. The number of aliphatic carboxylic acids is 1. The number of carboxylic acid groups (broad SMARTS) is 1. The maximum absolute atomic E-state index is 11.0. The van der Waals surface area contributed by atoms with Crippen molar-refractivity contribution in [2.24, 2.45) is 7.05 Å². The van der Waals surface area contributed by atoms with E-state index in [1.807, 2.05) is 17.7 Å². The fourth-order valence-electron chi connectivity index (χ4n) is 1.67. The maximum Gasteiger partial charge on any atom is 0.328 e. The number of fused-ring (bicyclic) bond motifs is 1. The van der Waals surface area contributed by atoms with Crippen molar-refractivity contribution in [2.75, 3.05) is 19.0 Å². The second-order valence-corrected chi connectivity index (χ2v) is 3.87. The van der Waals surface area contributed by atoms with Gasteiger partial charge in [-0.2, -0.15) is 0 Å². The lowest BCUT2D eigenvalue weighted by Crippen LogP contribution is -2.34. The Kier molecular flexibility index (Phi) is 3.42. The normalized spacial score (nSPS) is 12.6. The molecular weight excluding hydrogens is 236 g/mol. The van der Waals surface area contributed by atoms with Gasteiger partial charge in [0, 0.05) is 20.4 Å². The third-order valence-corrected chi connectivity index (χ3v) is 2.59. The van der Waals surface area contributed by atoms with Crippen LogP contribution in [0.1, 0.15) is 0 Å². The Labute approximate surface area is 103 Å². The van der Waals surface area contributed by atoms with Gasteiger partial charge in [0.1, 0.15) is 11.6 Å². The minimum Gasteiger partial charge on any atom is -0.480 e. The summed E-state index contributed by atoms with van der Waals surface area (Å²) < 4.78 is 6.70. The van der Waals surface area contributed by atoms with Crippen LogP contribution in [-0.4, -0.2) is 45.4 Å². The van der Waals surface area contributed by atoms with Crippen molar-refractivity contribution in [3.8, 4) is 0 Å². The third-order valence-electron chi connectivity index (χ3n) is 2.59. The molecule has 0 amide bonds. The van der Waals surface area contributed by atoms with E-state index < -0.39 is 12.0 Å². The van der Waals surface area contributed by atoms with Gasteiger partial charge < -0.3 is 19.7 Å². The second-order valence-electron chi connectivity index (χ2n) is 3.87. The molecule has 2 rings (SSSR count). The average molecular weight is 250 g/mol. The summed E-state index contributed by atoms with van der Waals surface area (Å²) >= 11 is 0. The molecule has 2 aromatic rings. The number of carboxylic acids is 1. The minimum absolute atomic E-state index is 0.0558. The van der Waals surface area contributed by atoms with Gasteiger partial charge in [-0.05, 0) is 6.07 Å². The number of rotatable bonds is 5. The van der Waals surface area contributed by atoms with E-state index in [0.29, 0.717) is 11.3 Å². The van der Waals surface area contributed by atoms with E-state index in [-0.39, 0.29) is 6.61 Å². The van der Waals surface area contributed by atoms with Crippen LogP contribution in [0.4, 0.5) is 5.82 Å². The van der Waals surface area contributed by atoms with Gasteiger partial charge in [0.25, 0.3) is 0 Å². The number of carbonyl (C=O) groups is 1. The highest BCUT2D eigenvalue weighted by Gasteiger charge is 2.19. The van der Waals surface area contributed by atoms with Crippen LogP contribution in [0.2, 0.25) is 0 Å². The first-order chi connectivity index (χ1) is 8.63. The molecule has 0 aliphatic rings. The number of nitrogens with zero attached hydrogens (tertiary/aromatic N) is 3. The summed E-state index contributed by atoms with van der Waals surface area (Å²) in [6, 6.07) is 0.967. The molecule has 0 saturated heterocycles. The topological polar surface area (TPSA) is 89.3 Å². The second kappa shape index (κ2) is 5.01. The molecule has 2 N–H and O–H groups in total. The van der Waals surface area contributed by atoms with Crippen molar-refractivity contribution in [2.45, 2.75) is 6.04 Å². The first-order valence-electron chi connectivity index (χ1n) is 5.37. The number of hydrogen-bond acceptors (Lipinski definition) is 5. The van der Waals surface area contributed by atoms with Crippen molar-refractivity contribution >= 4 is 22.8 Å². The zero-order valence-electron chi connectivity index (χ0n) is 10.1. The molecule has 18 heavy (non-hydrogen) atoms. The Hall–Kier alpha value is -2.15. The number of aryl methyl sites for hydroxylation is 1. The van der Waals surface area contributed by atoms with Crippen molar-refractivity contribution in [1.82, 2.24) is 14.5 Å². The summed E-state index contributed by atoms with van der Waals surface area (Å²) in [5.74, 6) is -0.552. The lowest BCUT2D eigenvalue weighted by Gasteiger charge is -2.14. The van der Waals surface area contributed by atoms with Crippen LogP contribution in [0.5, 0.6) is 0 Å². The Morgan fingerprint density at radius 2 is 2.39 bits per heavy atom. The minimum atomic E-state index is -0.994. The molecule has 0 aromatic carbocycles.